The third-order valence-electron chi connectivity index (χ3n) is 4.08. The van der Waals surface area contributed by atoms with Gasteiger partial charge in [-0.3, -0.25) is 0 Å². The predicted molar refractivity (Wildman–Crippen MR) is 121 cm³/mol. The van der Waals surface area contributed by atoms with E-state index in [2.05, 4.69) is 5.16 Å². The number of oxime groups is 1. The fraction of sp³-hybridized carbons (Fsp3) is 0.318. The van der Waals surface area contributed by atoms with Crippen molar-refractivity contribution in [1.82, 2.24) is 0 Å². The van der Waals surface area contributed by atoms with Crippen molar-refractivity contribution in [1.29, 1.82) is 0 Å². The van der Waals surface area contributed by atoms with Crippen molar-refractivity contribution in [3.63, 3.8) is 0 Å². The molecule has 0 saturated heterocycles. The molecule has 2 aromatic rings. The molecule has 174 valence electrons. The van der Waals surface area contributed by atoms with Crippen LogP contribution in [0.1, 0.15) is 29.5 Å². The molecule has 0 unspecified atom stereocenters. The summed E-state index contributed by atoms with van der Waals surface area (Å²) in [5.41, 5.74) is 0.632. The van der Waals surface area contributed by atoms with E-state index in [1.165, 1.54) is 24.4 Å². The molecule has 2 rings (SSSR count). The van der Waals surface area contributed by atoms with Crippen molar-refractivity contribution < 1.29 is 27.5 Å². The van der Waals surface area contributed by atoms with Gasteiger partial charge < -0.3 is 14.3 Å². The predicted octanol–water partition coefficient (Wildman–Crippen LogP) is 7.57. The quantitative estimate of drug-likeness (QED) is 0.178. The summed E-state index contributed by atoms with van der Waals surface area (Å²) in [7, 11) is 0. The van der Waals surface area contributed by atoms with Gasteiger partial charge in [0.05, 0.1) is 23.4 Å². The van der Waals surface area contributed by atoms with E-state index in [1.807, 2.05) is 6.92 Å². The van der Waals surface area contributed by atoms with Crippen LogP contribution in [0, 0.1) is 6.92 Å². The van der Waals surface area contributed by atoms with E-state index in [4.69, 9.17) is 49.1 Å². The largest absolute Gasteiger partial charge is 0.492 e. The van der Waals surface area contributed by atoms with Crippen LogP contribution in [0.5, 0.6) is 11.5 Å². The minimum Gasteiger partial charge on any atom is -0.492 e. The molecule has 0 aromatic heterocycles. The number of benzene rings is 2. The lowest BCUT2D eigenvalue weighted by Crippen LogP contribution is -2.04. The molecule has 0 atom stereocenters. The third kappa shape index (κ3) is 9.18. The number of hydrogen-bond acceptors (Lipinski definition) is 4. The van der Waals surface area contributed by atoms with Crippen LogP contribution < -0.4 is 9.47 Å². The van der Waals surface area contributed by atoms with Crippen LogP contribution in [-0.4, -0.2) is 26.0 Å². The second kappa shape index (κ2) is 12.8. The summed E-state index contributed by atoms with van der Waals surface area (Å²) in [5, 5.41) is 4.19. The first-order chi connectivity index (χ1) is 15.2. The fourth-order valence-electron chi connectivity index (χ4n) is 2.52. The maximum Gasteiger partial charge on any atom is 0.416 e. The summed E-state index contributed by atoms with van der Waals surface area (Å²) < 4.78 is 48.9. The van der Waals surface area contributed by atoms with Crippen molar-refractivity contribution in [3.05, 3.63) is 68.7 Å². The molecule has 0 saturated carbocycles. The maximum atomic E-state index is 12.5. The Bertz CT molecular complexity index is 905. The van der Waals surface area contributed by atoms with Gasteiger partial charge in [-0.1, -0.05) is 52.1 Å². The summed E-state index contributed by atoms with van der Waals surface area (Å²) in [6, 6.07) is 8.11. The summed E-state index contributed by atoms with van der Waals surface area (Å²) in [6.45, 7) is 2.85. The van der Waals surface area contributed by atoms with E-state index < -0.39 is 11.7 Å². The number of alkyl halides is 3. The Balaban J connectivity index is 1.68. The second-order valence-electron chi connectivity index (χ2n) is 6.60. The number of hydrogen-bond donors (Lipinski definition) is 0. The SMILES string of the molecule is Cc1cc(OCC=C(Cl)Cl)cc(Cl)c1OCCCCO/N=C/c1ccc(C(F)(F)F)cc1. The summed E-state index contributed by atoms with van der Waals surface area (Å²) in [4.78, 5) is 5.13. The van der Waals surface area contributed by atoms with Crippen molar-refractivity contribution in [3.8, 4) is 11.5 Å². The number of nitrogens with zero attached hydrogens (tertiary/aromatic N) is 1. The summed E-state index contributed by atoms with van der Waals surface area (Å²) in [6.07, 6.45) is -0.104. The zero-order chi connectivity index (χ0) is 23.6. The Hall–Kier alpha value is -2.09. The molecule has 0 N–H and O–H groups in total. The standard InChI is InChI=1S/C22H21Cl3F3NO3/c1-15-12-18(30-11-8-20(24)25)13-19(23)21(15)31-9-2-3-10-32-29-14-16-4-6-17(7-5-16)22(26,27)28/h4-8,12-14H,2-3,9-11H2,1H3/b29-14+. The lowest BCUT2D eigenvalue weighted by atomic mass is 10.1. The Morgan fingerprint density at radius 3 is 2.34 bits per heavy atom. The van der Waals surface area contributed by atoms with Crippen LogP contribution in [0.3, 0.4) is 0 Å². The van der Waals surface area contributed by atoms with Crippen LogP contribution in [0.4, 0.5) is 13.2 Å². The average molecular weight is 511 g/mol. The van der Waals surface area contributed by atoms with Gasteiger partial charge in [-0.15, -0.1) is 0 Å². The molecule has 0 bridgehead atoms. The van der Waals surface area contributed by atoms with Crippen molar-refractivity contribution in [2.24, 2.45) is 5.16 Å². The number of aryl methyl sites for hydroxylation is 1. The van der Waals surface area contributed by atoms with Crippen LogP contribution in [0.2, 0.25) is 5.02 Å². The zero-order valence-electron chi connectivity index (χ0n) is 17.1. The molecule has 32 heavy (non-hydrogen) atoms. The Labute approximate surface area is 199 Å². The first-order valence-corrected chi connectivity index (χ1v) is 10.7. The van der Waals surface area contributed by atoms with Gasteiger partial charge in [0, 0.05) is 6.07 Å². The number of rotatable bonds is 11. The third-order valence-corrected chi connectivity index (χ3v) is 4.67. The summed E-state index contributed by atoms with van der Waals surface area (Å²) >= 11 is 17.4. The maximum absolute atomic E-state index is 12.5. The van der Waals surface area contributed by atoms with Gasteiger partial charge in [-0.05, 0) is 55.2 Å². The Kier molecular flexibility index (Phi) is 10.5. The first-order valence-electron chi connectivity index (χ1n) is 9.56. The molecule has 10 heteroatoms. The monoisotopic (exact) mass is 509 g/mol. The molecule has 0 aliphatic carbocycles. The minimum absolute atomic E-state index is 0.127. The van der Waals surface area contributed by atoms with Gasteiger partial charge in [-0.25, -0.2) is 0 Å². The molecule has 0 aliphatic heterocycles. The fourth-order valence-corrected chi connectivity index (χ4v) is 2.96. The Morgan fingerprint density at radius 2 is 1.72 bits per heavy atom. The highest BCUT2D eigenvalue weighted by molar-refractivity contribution is 6.55. The molecule has 0 aliphatic rings. The molecule has 2 aromatic carbocycles. The number of unbranched alkanes of at least 4 members (excludes halogenated alkanes) is 1. The van der Waals surface area contributed by atoms with Gasteiger partial charge in [-0.2, -0.15) is 13.2 Å². The smallest absolute Gasteiger partial charge is 0.416 e. The Morgan fingerprint density at radius 1 is 1.03 bits per heavy atom. The highest BCUT2D eigenvalue weighted by atomic mass is 35.5. The van der Waals surface area contributed by atoms with Crippen LogP contribution in [-0.2, 0) is 11.0 Å². The molecular weight excluding hydrogens is 490 g/mol. The topological polar surface area (TPSA) is 40.0 Å². The van der Waals surface area contributed by atoms with E-state index in [-0.39, 0.29) is 11.1 Å². The molecule has 4 nitrogen and oxygen atoms in total. The molecule has 0 heterocycles. The highest BCUT2D eigenvalue weighted by Gasteiger charge is 2.29. The van der Waals surface area contributed by atoms with E-state index >= 15 is 0 Å². The van der Waals surface area contributed by atoms with Gasteiger partial charge in [0.2, 0.25) is 0 Å². The zero-order valence-corrected chi connectivity index (χ0v) is 19.4. The van der Waals surface area contributed by atoms with E-state index in [0.29, 0.717) is 48.1 Å². The van der Waals surface area contributed by atoms with Crippen LogP contribution in [0.25, 0.3) is 0 Å². The van der Waals surface area contributed by atoms with Gasteiger partial charge >= 0.3 is 6.18 Å². The average Bonchev–Trinajstić information content (AvgIpc) is 2.71. The molecule has 0 amide bonds. The van der Waals surface area contributed by atoms with Crippen LogP contribution >= 0.6 is 34.8 Å². The van der Waals surface area contributed by atoms with Crippen molar-refractivity contribution in [2.75, 3.05) is 19.8 Å². The summed E-state index contributed by atoms with van der Waals surface area (Å²) in [5.74, 6) is 1.15. The van der Waals surface area contributed by atoms with Crippen molar-refractivity contribution in [2.45, 2.75) is 25.9 Å². The van der Waals surface area contributed by atoms with E-state index in [9.17, 15) is 13.2 Å². The van der Waals surface area contributed by atoms with E-state index in [0.717, 1.165) is 17.7 Å². The lowest BCUT2D eigenvalue weighted by molar-refractivity contribution is -0.137. The van der Waals surface area contributed by atoms with Gasteiger partial charge in [0.1, 0.15) is 29.2 Å². The normalized spacial score (nSPS) is 11.5. The van der Waals surface area contributed by atoms with Gasteiger partial charge in [0.25, 0.3) is 0 Å². The van der Waals surface area contributed by atoms with Crippen LogP contribution in [0.15, 0.2) is 52.1 Å². The second-order valence-corrected chi connectivity index (χ2v) is 8.01. The number of halogens is 6. The minimum atomic E-state index is -4.36. The highest BCUT2D eigenvalue weighted by Crippen LogP contribution is 2.33. The van der Waals surface area contributed by atoms with Gasteiger partial charge in [0.15, 0.2) is 0 Å². The van der Waals surface area contributed by atoms with Crippen molar-refractivity contribution >= 4 is 41.0 Å². The molecule has 0 radical (unpaired) electrons. The molecule has 0 fully saturated rings. The molecular formula is C22H21Cl3F3NO3. The molecule has 0 spiro atoms. The first kappa shape index (κ1) is 26.2. The van der Waals surface area contributed by atoms with E-state index in [1.54, 1.807) is 12.1 Å². The number of ether oxygens (including phenoxy) is 2. The lowest BCUT2D eigenvalue weighted by Gasteiger charge is -2.13.